The van der Waals surface area contributed by atoms with Crippen molar-refractivity contribution >= 4 is 29.3 Å². The Kier molecular flexibility index (Phi) is 6.87. The molecule has 0 radical (unpaired) electrons. The highest BCUT2D eigenvalue weighted by molar-refractivity contribution is 6.33. The second kappa shape index (κ2) is 8.89. The molecule has 2 amide bonds. The Morgan fingerprint density at radius 1 is 1.46 bits per heavy atom. The number of hydrogen-bond donors (Lipinski definition) is 1. The summed E-state index contributed by atoms with van der Waals surface area (Å²) in [5.74, 6) is -0.510. The predicted molar refractivity (Wildman–Crippen MR) is 92.6 cm³/mol. The third-order valence-corrected chi connectivity index (χ3v) is 4.17. The standard InChI is InChI=1S/C17H23ClN2O4/c1-3-8-20(11-13-5-4-9-24-13)17(22)19-12-6-7-14(15(18)10-12)16(21)23-2/h6-7,10,13H,3-5,8-9,11H2,1-2H3,(H,19,22)/t13-/m0/s1. The Bertz CT molecular complexity index is 588. The summed E-state index contributed by atoms with van der Waals surface area (Å²) in [6.45, 7) is 4.02. The maximum Gasteiger partial charge on any atom is 0.339 e. The molecule has 1 aliphatic heterocycles. The monoisotopic (exact) mass is 354 g/mol. The molecule has 0 saturated carbocycles. The number of benzene rings is 1. The van der Waals surface area contributed by atoms with Gasteiger partial charge in [0.15, 0.2) is 0 Å². The van der Waals surface area contributed by atoms with Crippen molar-refractivity contribution in [2.45, 2.75) is 32.3 Å². The van der Waals surface area contributed by atoms with Crippen LogP contribution in [0.1, 0.15) is 36.5 Å². The summed E-state index contributed by atoms with van der Waals surface area (Å²) in [5.41, 5.74) is 0.799. The number of anilines is 1. The predicted octanol–water partition coefficient (Wildman–Crippen LogP) is 3.55. The number of urea groups is 1. The summed E-state index contributed by atoms with van der Waals surface area (Å²) in [7, 11) is 1.29. The van der Waals surface area contributed by atoms with Gasteiger partial charge in [-0.2, -0.15) is 0 Å². The molecule has 1 aliphatic rings. The zero-order valence-corrected chi connectivity index (χ0v) is 14.8. The third kappa shape index (κ3) is 4.85. The number of methoxy groups -OCH3 is 1. The quantitative estimate of drug-likeness (QED) is 0.793. The molecule has 0 aliphatic carbocycles. The van der Waals surface area contributed by atoms with Gasteiger partial charge >= 0.3 is 12.0 Å². The van der Waals surface area contributed by atoms with Gasteiger partial charge in [0.05, 0.1) is 23.8 Å². The van der Waals surface area contributed by atoms with E-state index in [4.69, 9.17) is 16.3 Å². The van der Waals surface area contributed by atoms with E-state index in [2.05, 4.69) is 10.1 Å². The molecule has 132 valence electrons. The van der Waals surface area contributed by atoms with Crippen molar-refractivity contribution in [1.29, 1.82) is 0 Å². The SMILES string of the molecule is CCCN(C[C@@H]1CCCO1)C(=O)Nc1ccc(C(=O)OC)c(Cl)c1. The molecule has 7 heteroatoms. The Balaban J connectivity index is 2.02. The minimum atomic E-state index is -0.510. The summed E-state index contributed by atoms with van der Waals surface area (Å²) >= 11 is 6.08. The molecule has 0 unspecified atom stereocenters. The Morgan fingerprint density at radius 3 is 2.83 bits per heavy atom. The van der Waals surface area contributed by atoms with E-state index in [0.29, 0.717) is 18.8 Å². The van der Waals surface area contributed by atoms with Gasteiger partial charge in [0.25, 0.3) is 0 Å². The summed E-state index contributed by atoms with van der Waals surface area (Å²) in [4.78, 5) is 25.8. The van der Waals surface area contributed by atoms with Gasteiger partial charge < -0.3 is 19.7 Å². The lowest BCUT2D eigenvalue weighted by molar-refractivity contribution is 0.0601. The molecule has 6 nitrogen and oxygen atoms in total. The van der Waals surface area contributed by atoms with Gasteiger partial charge in [-0.1, -0.05) is 18.5 Å². The molecule has 24 heavy (non-hydrogen) atoms. The van der Waals surface area contributed by atoms with Crippen molar-refractivity contribution in [3.05, 3.63) is 28.8 Å². The van der Waals surface area contributed by atoms with E-state index >= 15 is 0 Å². The zero-order chi connectivity index (χ0) is 17.5. The average molecular weight is 355 g/mol. The van der Waals surface area contributed by atoms with Crippen LogP contribution in [0.2, 0.25) is 5.02 Å². The maximum atomic E-state index is 12.5. The number of rotatable bonds is 6. The minimum absolute atomic E-state index is 0.104. The summed E-state index contributed by atoms with van der Waals surface area (Å²) in [6.07, 6.45) is 2.99. The topological polar surface area (TPSA) is 67.9 Å². The van der Waals surface area contributed by atoms with Gasteiger partial charge in [-0.05, 0) is 37.5 Å². The van der Waals surface area contributed by atoms with Gasteiger partial charge in [0.1, 0.15) is 0 Å². The minimum Gasteiger partial charge on any atom is -0.465 e. The first kappa shape index (κ1) is 18.5. The Labute approximate surface area is 147 Å². The maximum absolute atomic E-state index is 12.5. The molecule has 0 aromatic heterocycles. The van der Waals surface area contributed by atoms with Crippen molar-refractivity contribution in [1.82, 2.24) is 4.90 Å². The van der Waals surface area contributed by atoms with Crippen LogP contribution in [0.4, 0.5) is 10.5 Å². The highest BCUT2D eigenvalue weighted by Crippen LogP contribution is 2.22. The summed E-state index contributed by atoms with van der Waals surface area (Å²) < 4.78 is 10.3. The molecule has 1 heterocycles. The molecular weight excluding hydrogens is 332 g/mol. The number of nitrogens with zero attached hydrogens (tertiary/aromatic N) is 1. The first-order chi connectivity index (χ1) is 11.5. The van der Waals surface area contributed by atoms with Gasteiger partial charge in [0.2, 0.25) is 0 Å². The van der Waals surface area contributed by atoms with E-state index in [-0.39, 0.29) is 22.7 Å². The van der Waals surface area contributed by atoms with Crippen LogP contribution >= 0.6 is 11.6 Å². The fraction of sp³-hybridized carbons (Fsp3) is 0.529. The van der Waals surface area contributed by atoms with E-state index < -0.39 is 5.97 Å². The van der Waals surface area contributed by atoms with E-state index in [1.165, 1.54) is 13.2 Å². The smallest absolute Gasteiger partial charge is 0.339 e. The van der Waals surface area contributed by atoms with Gasteiger partial charge in [0, 0.05) is 25.4 Å². The summed E-state index contributed by atoms with van der Waals surface area (Å²) in [6, 6.07) is 4.51. The van der Waals surface area contributed by atoms with E-state index in [1.54, 1.807) is 17.0 Å². The second-order valence-corrected chi connectivity index (χ2v) is 6.10. The van der Waals surface area contributed by atoms with Crippen LogP contribution in [0, 0.1) is 0 Å². The van der Waals surface area contributed by atoms with Crippen LogP contribution < -0.4 is 5.32 Å². The van der Waals surface area contributed by atoms with E-state index in [9.17, 15) is 9.59 Å². The normalized spacial score (nSPS) is 16.7. The van der Waals surface area contributed by atoms with Crippen molar-refractivity contribution in [2.24, 2.45) is 0 Å². The number of ether oxygens (including phenoxy) is 2. The first-order valence-electron chi connectivity index (χ1n) is 8.10. The van der Waals surface area contributed by atoms with Gasteiger partial charge in [-0.25, -0.2) is 9.59 Å². The fourth-order valence-corrected chi connectivity index (χ4v) is 2.91. The van der Waals surface area contributed by atoms with E-state index in [1.807, 2.05) is 6.92 Å². The molecule has 2 rings (SSSR count). The van der Waals surface area contributed by atoms with Crippen molar-refractivity contribution in [3.8, 4) is 0 Å². The number of nitrogens with one attached hydrogen (secondary N) is 1. The van der Waals surface area contributed by atoms with Crippen molar-refractivity contribution in [3.63, 3.8) is 0 Å². The molecule has 1 aromatic rings. The number of carbonyl (C=O) groups is 2. The lowest BCUT2D eigenvalue weighted by Crippen LogP contribution is -2.40. The molecule has 1 fully saturated rings. The lowest BCUT2D eigenvalue weighted by atomic mass is 10.2. The fourth-order valence-electron chi connectivity index (χ4n) is 2.65. The molecule has 1 N–H and O–H groups in total. The third-order valence-electron chi connectivity index (χ3n) is 3.85. The average Bonchev–Trinajstić information content (AvgIpc) is 3.07. The van der Waals surface area contributed by atoms with Crippen LogP contribution in [-0.4, -0.2) is 49.8 Å². The molecular formula is C17H23ClN2O4. The van der Waals surface area contributed by atoms with Gasteiger partial charge in [-0.3, -0.25) is 0 Å². The molecule has 1 aromatic carbocycles. The number of halogens is 1. The lowest BCUT2D eigenvalue weighted by Gasteiger charge is -2.25. The first-order valence-corrected chi connectivity index (χ1v) is 8.48. The van der Waals surface area contributed by atoms with Crippen LogP contribution in [0.25, 0.3) is 0 Å². The molecule has 0 bridgehead atoms. The number of hydrogen-bond acceptors (Lipinski definition) is 4. The second-order valence-electron chi connectivity index (χ2n) is 5.70. The van der Waals surface area contributed by atoms with Crippen LogP contribution in [0.3, 0.4) is 0 Å². The van der Waals surface area contributed by atoms with Gasteiger partial charge in [-0.15, -0.1) is 0 Å². The zero-order valence-electron chi connectivity index (χ0n) is 14.0. The number of amides is 2. The van der Waals surface area contributed by atoms with Crippen molar-refractivity contribution < 1.29 is 19.1 Å². The van der Waals surface area contributed by atoms with E-state index in [0.717, 1.165) is 25.9 Å². The van der Waals surface area contributed by atoms with Crippen LogP contribution in [0.15, 0.2) is 18.2 Å². The highest BCUT2D eigenvalue weighted by atomic mass is 35.5. The van der Waals surface area contributed by atoms with Crippen LogP contribution in [-0.2, 0) is 9.47 Å². The number of carbonyl (C=O) groups excluding carboxylic acids is 2. The number of esters is 1. The molecule has 1 saturated heterocycles. The van der Waals surface area contributed by atoms with Crippen molar-refractivity contribution in [2.75, 3.05) is 32.1 Å². The molecule has 1 atom stereocenters. The highest BCUT2D eigenvalue weighted by Gasteiger charge is 2.22. The largest absolute Gasteiger partial charge is 0.465 e. The summed E-state index contributed by atoms with van der Waals surface area (Å²) in [5, 5.41) is 3.06. The van der Waals surface area contributed by atoms with Crippen LogP contribution in [0.5, 0.6) is 0 Å². The molecule has 0 spiro atoms. The Hall–Kier alpha value is -1.79. The Morgan fingerprint density at radius 2 is 2.25 bits per heavy atom.